The van der Waals surface area contributed by atoms with E-state index in [1.54, 1.807) is 7.11 Å². The van der Waals surface area contributed by atoms with Crippen molar-refractivity contribution in [1.82, 2.24) is 15.5 Å². The number of nitrogens with zero attached hydrogens (tertiary/aromatic N) is 2. The lowest BCUT2D eigenvalue weighted by Gasteiger charge is -2.34. The first-order valence-electron chi connectivity index (χ1n) is 11.9. The summed E-state index contributed by atoms with van der Waals surface area (Å²) in [4.78, 5) is 17.3. The number of hydrogen-bond acceptors (Lipinski definition) is 7. The fourth-order valence-electron chi connectivity index (χ4n) is 4.78. The van der Waals surface area contributed by atoms with Crippen molar-refractivity contribution >= 4 is 17.2 Å². The maximum absolute atomic E-state index is 12.8. The largest absolute Gasteiger partial charge is 0.491 e. The summed E-state index contributed by atoms with van der Waals surface area (Å²) in [5.41, 5.74) is 3.06. The van der Waals surface area contributed by atoms with Crippen molar-refractivity contribution in [3.05, 3.63) is 66.4 Å². The Morgan fingerprint density at radius 3 is 2.59 bits per heavy atom. The van der Waals surface area contributed by atoms with Crippen LogP contribution in [0.25, 0.3) is 5.57 Å². The Hall–Kier alpha value is -2.91. The zero-order valence-corrected chi connectivity index (χ0v) is 19.5. The summed E-state index contributed by atoms with van der Waals surface area (Å²) in [5.74, 6) is 0.543. The Kier molecular flexibility index (Phi) is 7.10. The summed E-state index contributed by atoms with van der Waals surface area (Å²) < 4.78 is 17.1. The first kappa shape index (κ1) is 22.9. The molecule has 8 heteroatoms. The van der Waals surface area contributed by atoms with Crippen LogP contribution in [0.3, 0.4) is 0 Å². The van der Waals surface area contributed by atoms with E-state index >= 15 is 0 Å². The summed E-state index contributed by atoms with van der Waals surface area (Å²) >= 11 is 0. The SMILES string of the molecule is COC(COc1ccc(C2=CN(c3ccccc3)C3NCNC(=O)C23)cc1)CN1CCOCC1. The van der Waals surface area contributed by atoms with Gasteiger partial charge in [-0.1, -0.05) is 30.3 Å². The Bertz CT molecular complexity index is 992. The number of morpholine rings is 1. The molecular formula is C26H32N4O4. The van der Waals surface area contributed by atoms with E-state index in [4.69, 9.17) is 14.2 Å². The molecule has 0 aromatic heterocycles. The molecule has 2 aromatic carbocycles. The number of benzene rings is 2. The molecule has 2 aromatic rings. The maximum atomic E-state index is 12.8. The molecule has 0 spiro atoms. The minimum atomic E-state index is -0.285. The molecule has 5 rings (SSSR count). The Morgan fingerprint density at radius 2 is 1.85 bits per heavy atom. The van der Waals surface area contributed by atoms with E-state index < -0.39 is 0 Å². The summed E-state index contributed by atoms with van der Waals surface area (Å²) in [7, 11) is 1.72. The van der Waals surface area contributed by atoms with Gasteiger partial charge in [0.2, 0.25) is 5.91 Å². The van der Waals surface area contributed by atoms with Crippen LogP contribution in [0.15, 0.2) is 60.8 Å². The summed E-state index contributed by atoms with van der Waals surface area (Å²) in [5, 5.41) is 6.38. The van der Waals surface area contributed by atoms with Gasteiger partial charge in [0.1, 0.15) is 24.6 Å². The molecule has 3 aliphatic heterocycles. The monoisotopic (exact) mass is 464 g/mol. The number of hydrogen-bond donors (Lipinski definition) is 2. The van der Waals surface area contributed by atoms with E-state index in [0.29, 0.717) is 13.3 Å². The zero-order valence-electron chi connectivity index (χ0n) is 19.5. The third kappa shape index (κ3) is 4.95. The van der Waals surface area contributed by atoms with Crippen molar-refractivity contribution < 1.29 is 19.0 Å². The van der Waals surface area contributed by atoms with Gasteiger partial charge in [-0.2, -0.15) is 0 Å². The van der Waals surface area contributed by atoms with Crippen LogP contribution < -0.4 is 20.3 Å². The molecular weight excluding hydrogens is 432 g/mol. The second-order valence-corrected chi connectivity index (χ2v) is 8.78. The highest BCUT2D eigenvalue weighted by Crippen LogP contribution is 2.38. The number of para-hydroxylation sites is 1. The fourth-order valence-corrected chi connectivity index (χ4v) is 4.78. The Labute approximate surface area is 200 Å². The predicted octanol–water partition coefficient (Wildman–Crippen LogP) is 1.89. The molecule has 3 heterocycles. The van der Waals surface area contributed by atoms with Gasteiger partial charge in [0, 0.05) is 38.6 Å². The van der Waals surface area contributed by atoms with Crippen molar-refractivity contribution in [2.45, 2.75) is 12.3 Å². The van der Waals surface area contributed by atoms with Crippen molar-refractivity contribution in [1.29, 1.82) is 0 Å². The van der Waals surface area contributed by atoms with Gasteiger partial charge in [0.05, 0.1) is 25.8 Å². The van der Waals surface area contributed by atoms with E-state index in [1.165, 1.54) is 0 Å². The van der Waals surface area contributed by atoms with Crippen LogP contribution in [-0.4, -0.2) is 76.3 Å². The molecule has 180 valence electrons. The molecule has 0 radical (unpaired) electrons. The molecule has 2 N–H and O–H groups in total. The van der Waals surface area contributed by atoms with Crippen LogP contribution in [0.2, 0.25) is 0 Å². The van der Waals surface area contributed by atoms with Gasteiger partial charge >= 0.3 is 0 Å². The molecule has 1 amide bonds. The number of methoxy groups -OCH3 is 1. The third-order valence-electron chi connectivity index (χ3n) is 6.66. The highest BCUT2D eigenvalue weighted by molar-refractivity contribution is 5.96. The number of nitrogens with one attached hydrogen (secondary N) is 2. The van der Waals surface area contributed by atoms with Crippen molar-refractivity contribution in [3.8, 4) is 5.75 Å². The van der Waals surface area contributed by atoms with E-state index in [1.807, 2.05) is 42.5 Å². The average Bonchev–Trinajstić information content (AvgIpc) is 3.29. The van der Waals surface area contributed by atoms with E-state index in [-0.39, 0.29) is 24.1 Å². The van der Waals surface area contributed by atoms with Gasteiger partial charge in [-0.15, -0.1) is 0 Å². The predicted molar refractivity (Wildman–Crippen MR) is 130 cm³/mol. The second kappa shape index (κ2) is 10.6. The highest BCUT2D eigenvalue weighted by atomic mass is 16.5. The number of ether oxygens (including phenoxy) is 3. The molecule has 0 saturated carbocycles. The van der Waals surface area contributed by atoms with Crippen molar-refractivity contribution in [2.75, 3.05) is 58.1 Å². The summed E-state index contributed by atoms with van der Waals surface area (Å²) in [6, 6.07) is 18.1. The van der Waals surface area contributed by atoms with Gasteiger partial charge in [0.25, 0.3) is 0 Å². The van der Waals surface area contributed by atoms with Crippen LogP contribution in [0, 0.1) is 5.92 Å². The molecule has 0 aliphatic carbocycles. The Balaban J connectivity index is 1.27. The number of anilines is 1. The number of amides is 1. The smallest absolute Gasteiger partial charge is 0.232 e. The van der Waals surface area contributed by atoms with E-state index in [2.05, 4.69) is 38.8 Å². The van der Waals surface area contributed by atoms with Gasteiger partial charge in [-0.3, -0.25) is 15.0 Å². The molecule has 3 unspecified atom stereocenters. The highest BCUT2D eigenvalue weighted by Gasteiger charge is 2.43. The topological polar surface area (TPSA) is 75.3 Å². The maximum Gasteiger partial charge on any atom is 0.232 e. The number of fused-ring (bicyclic) bond motifs is 1. The van der Waals surface area contributed by atoms with E-state index in [0.717, 1.165) is 55.4 Å². The molecule has 34 heavy (non-hydrogen) atoms. The summed E-state index contributed by atoms with van der Waals surface area (Å²) in [6.45, 7) is 5.16. The van der Waals surface area contributed by atoms with Crippen LogP contribution in [0.5, 0.6) is 5.75 Å². The minimum absolute atomic E-state index is 0.00693. The molecule has 3 atom stereocenters. The normalized spacial score (nSPS) is 23.7. The molecule has 3 aliphatic rings. The lowest BCUT2D eigenvalue weighted by Crippen LogP contribution is -2.58. The number of carbonyl (C=O) groups excluding carboxylic acids is 1. The van der Waals surface area contributed by atoms with Gasteiger partial charge in [0.15, 0.2) is 0 Å². The van der Waals surface area contributed by atoms with Gasteiger partial charge < -0.3 is 24.4 Å². The fraction of sp³-hybridized carbons (Fsp3) is 0.423. The number of carbonyl (C=O) groups is 1. The molecule has 2 fully saturated rings. The van der Waals surface area contributed by atoms with Crippen LogP contribution in [-0.2, 0) is 14.3 Å². The first-order chi connectivity index (χ1) is 16.7. The van der Waals surface area contributed by atoms with Gasteiger partial charge in [-0.05, 0) is 35.4 Å². The summed E-state index contributed by atoms with van der Waals surface area (Å²) in [6.07, 6.45) is 1.97. The average molecular weight is 465 g/mol. The minimum Gasteiger partial charge on any atom is -0.491 e. The lowest BCUT2D eigenvalue weighted by molar-refractivity contribution is -0.125. The first-order valence-corrected chi connectivity index (χ1v) is 11.9. The van der Waals surface area contributed by atoms with E-state index in [9.17, 15) is 4.79 Å². The Morgan fingerprint density at radius 1 is 1.09 bits per heavy atom. The van der Waals surface area contributed by atoms with Gasteiger partial charge in [-0.25, -0.2) is 0 Å². The third-order valence-corrected chi connectivity index (χ3v) is 6.66. The quantitative estimate of drug-likeness (QED) is 0.618. The molecule has 8 nitrogen and oxygen atoms in total. The number of rotatable bonds is 8. The lowest BCUT2D eigenvalue weighted by atomic mass is 9.91. The van der Waals surface area contributed by atoms with Crippen molar-refractivity contribution in [3.63, 3.8) is 0 Å². The van der Waals surface area contributed by atoms with Crippen LogP contribution >= 0.6 is 0 Å². The zero-order chi connectivity index (χ0) is 23.3. The van der Waals surface area contributed by atoms with Crippen LogP contribution in [0.1, 0.15) is 5.56 Å². The second-order valence-electron chi connectivity index (χ2n) is 8.78. The molecule has 0 bridgehead atoms. The van der Waals surface area contributed by atoms with Crippen molar-refractivity contribution in [2.24, 2.45) is 5.92 Å². The standard InChI is InChI=1S/C26H32N4O4/c1-32-22(15-29-11-13-33-14-12-29)17-34-21-9-7-19(8-10-21)23-16-30(20-5-3-2-4-6-20)25-24(23)26(31)28-18-27-25/h2-10,16,22,24-25,27H,11-15,17-18H2,1H3,(H,28,31). The molecule has 2 saturated heterocycles. The van der Waals surface area contributed by atoms with Crippen LogP contribution in [0.4, 0.5) is 5.69 Å².